The summed E-state index contributed by atoms with van der Waals surface area (Å²) < 4.78 is 31.3. The van der Waals surface area contributed by atoms with Gasteiger partial charge >= 0.3 is 0 Å². The number of nitrogens with zero attached hydrogens (tertiary/aromatic N) is 2. The van der Waals surface area contributed by atoms with Gasteiger partial charge in [-0.3, -0.25) is 13.9 Å². The van der Waals surface area contributed by atoms with Crippen LogP contribution in [0.3, 0.4) is 0 Å². The maximum atomic E-state index is 13.5. The predicted molar refractivity (Wildman–Crippen MR) is 145 cm³/mol. The SMILES string of the molecule is CCCCNC(=O)C(C)N(Cc1ccc(Cl)c(Cl)c1)C(=O)CN(c1ccc(OC)c(Cl)c1)S(C)(=O)=O. The molecule has 12 heteroatoms. The Kier molecular flexibility index (Phi) is 11.2. The van der Waals surface area contributed by atoms with Gasteiger partial charge in [-0.25, -0.2) is 8.42 Å². The van der Waals surface area contributed by atoms with E-state index in [1.54, 1.807) is 25.1 Å². The molecule has 0 bridgehead atoms. The number of nitrogens with one attached hydrogen (secondary N) is 1. The van der Waals surface area contributed by atoms with Gasteiger partial charge in [0.25, 0.3) is 0 Å². The Morgan fingerprint density at radius 2 is 1.75 bits per heavy atom. The lowest BCUT2D eigenvalue weighted by Crippen LogP contribution is -2.51. The first kappa shape index (κ1) is 30.0. The highest BCUT2D eigenvalue weighted by molar-refractivity contribution is 7.92. The number of hydrogen-bond acceptors (Lipinski definition) is 5. The van der Waals surface area contributed by atoms with Crippen molar-refractivity contribution in [2.45, 2.75) is 39.3 Å². The van der Waals surface area contributed by atoms with Gasteiger partial charge in [0.1, 0.15) is 18.3 Å². The van der Waals surface area contributed by atoms with Crippen LogP contribution in [0.5, 0.6) is 5.75 Å². The maximum Gasteiger partial charge on any atom is 0.244 e. The largest absolute Gasteiger partial charge is 0.495 e. The van der Waals surface area contributed by atoms with E-state index in [1.807, 2.05) is 6.92 Å². The minimum atomic E-state index is -3.88. The molecular weight excluding hydrogens is 549 g/mol. The molecule has 0 aliphatic heterocycles. The van der Waals surface area contributed by atoms with Crippen molar-refractivity contribution in [2.75, 3.05) is 30.8 Å². The molecule has 1 unspecified atom stereocenters. The number of amides is 2. The monoisotopic (exact) mass is 577 g/mol. The first-order valence-electron chi connectivity index (χ1n) is 11.2. The van der Waals surface area contributed by atoms with Crippen LogP contribution in [-0.2, 0) is 26.2 Å². The van der Waals surface area contributed by atoms with Crippen molar-refractivity contribution in [1.29, 1.82) is 0 Å². The van der Waals surface area contributed by atoms with Crippen molar-refractivity contribution >= 4 is 62.3 Å². The normalized spacial score (nSPS) is 12.1. The molecule has 198 valence electrons. The maximum absolute atomic E-state index is 13.5. The van der Waals surface area contributed by atoms with Crippen LogP contribution in [0, 0.1) is 0 Å². The van der Waals surface area contributed by atoms with Crippen LogP contribution >= 0.6 is 34.8 Å². The summed E-state index contributed by atoms with van der Waals surface area (Å²) in [4.78, 5) is 27.7. The Labute approximate surface area is 227 Å². The van der Waals surface area contributed by atoms with Gasteiger partial charge in [0.15, 0.2) is 0 Å². The fraction of sp³-hybridized carbons (Fsp3) is 0.417. The third-order valence-electron chi connectivity index (χ3n) is 5.44. The Morgan fingerprint density at radius 3 is 2.31 bits per heavy atom. The molecule has 1 atom stereocenters. The van der Waals surface area contributed by atoms with Gasteiger partial charge in [0.05, 0.1) is 34.1 Å². The Bertz CT molecular complexity index is 1190. The zero-order valence-electron chi connectivity index (χ0n) is 20.6. The number of rotatable bonds is 12. The second-order valence-electron chi connectivity index (χ2n) is 8.18. The summed E-state index contributed by atoms with van der Waals surface area (Å²) in [5, 5.41) is 3.65. The summed E-state index contributed by atoms with van der Waals surface area (Å²) in [5.41, 5.74) is 0.815. The Hall–Kier alpha value is -2.20. The molecule has 0 saturated carbocycles. The fourth-order valence-corrected chi connectivity index (χ4v) is 4.79. The number of halogens is 3. The lowest BCUT2D eigenvalue weighted by molar-refractivity contribution is -0.139. The quantitative estimate of drug-likeness (QED) is 0.367. The zero-order valence-corrected chi connectivity index (χ0v) is 23.6. The van der Waals surface area contributed by atoms with Crippen LogP contribution in [0.1, 0.15) is 32.3 Å². The third-order valence-corrected chi connectivity index (χ3v) is 7.61. The van der Waals surface area contributed by atoms with Gasteiger partial charge in [0.2, 0.25) is 21.8 Å². The Balaban J connectivity index is 2.40. The third kappa shape index (κ3) is 8.16. The van der Waals surface area contributed by atoms with E-state index in [-0.39, 0.29) is 23.2 Å². The molecule has 0 radical (unpaired) electrons. The summed E-state index contributed by atoms with van der Waals surface area (Å²) in [6.45, 7) is 3.52. The predicted octanol–water partition coefficient (Wildman–Crippen LogP) is 4.76. The van der Waals surface area contributed by atoms with Gasteiger partial charge in [0, 0.05) is 13.1 Å². The van der Waals surface area contributed by atoms with Crippen molar-refractivity contribution in [3.8, 4) is 5.75 Å². The van der Waals surface area contributed by atoms with Crippen LogP contribution in [-0.4, -0.2) is 57.6 Å². The van der Waals surface area contributed by atoms with Crippen molar-refractivity contribution in [3.63, 3.8) is 0 Å². The topological polar surface area (TPSA) is 96.0 Å². The summed E-state index contributed by atoms with van der Waals surface area (Å²) >= 11 is 18.3. The van der Waals surface area contributed by atoms with E-state index >= 15 is 0 Å². The minimum absolute atomic E-state index is 0.0130. The highest BCUT2D eigenvalue weighted by atomic mass is 35.5. The highest BCUT2D eigenvalue weighted by Crippen LogP contribution is 2.30. The number of methoxy groups -OCH3 is 1. The molecule has 0 fully saturated rings. The van der Waals surface area contributed by atoms with E-state index in [9.17, 15) is 18.0 Å². The van der Waals surface area contributed by atoms with Crippen LogP contribution in [0.25, 0.3) is 0 Å². The average molecular weight is 579 g/mol. The van der Waals surface area contributed by atoms with Crippen molar-refractivity contribution < 1.29 is 22.7 Å². The fourth-order valence-electron chi connectivity index (χ4n) is 3.38. The number of hydrogen-bond donors (Lipinski definition) is 1. The molecular formula is C24H30Cl3N3O5S. The standard InChI is InChI=1S/C24H30Cl3N3O5S/c1-5-6-11-28-24(32)16(2)29(14-17-7-9-19(25)20(26)12-17)23(31)15-30(36(4,33)34)18-8-10-22(35-3)21(27)13-18/h7-10,12-13,16H,5-6,11,14-15H2,1-4H3,(H,28,32). The first-order valence-corrected chi connectivity index (χ1v) is 14.2. The molecule has 0 aliphatic carbocycles. The highest BCUT2D eigenvalue weighted by Gasteiger charge is 2.30. The van der Waals surface area contributed by atoms with Crippen molar-refractivity contribution in [1.82, 2.24) is 10.2 Å². The van der Waals surface area contributed by atoms with Crippen LogP contribution in [0.4, 0.5) is 5.69 Å². The van der Waals surface area contributed by atoms with Crippen molar-refractivity contribution in [2.24, 2.45) is 0 Å². The first-order chi connectivity index (χ1) is 16.9. The molecule has 0 aliphatic rings. The second kappa shape index (κ2) is 13.4. The molecule has 36 heavy (non-hydrogen) atoms. The second-order valence-corrected chi connectivity index (χ2v) is 11.3. The Morgan fingerprint density at radius 1 is 1.06 bits per heavy atom. The van der Waals surface area contributed by atoms with Crippen molar-refractivity contribution in [3.05, 3.63) is 57.0 Å². The molecule has 1 N–H and O–H groups in total. The number of carbonyl (C=O) groups is 2. The number of anilines is 1. The summed E-state index contributed by atoms with van der Waals surface area (Å²) in [6, 6.07) is 8.40. The van der Waals surface area contributed by atoms with E-state index in [0.29, 0.717) is 27.9 Å². The van der Waals surface area contributed by atoms with E-state index < -0.39 is 28.5 Å². The van der Waals surface area contributed by atoms with E-state index in [0.717, 1.165) is 23.4 Å². The number of benzene rings is 2. The lowest BCUT2D eigenvalue weighted by Gasteiger charge is -2.31. The van der Waals surface area contributed by atoms with E-state index in [4.69, 9.17) is 39.5 Å². The minimum Gasteiger partial charge on any atom is -0.495 e. The van der Waals surface area contributed by atoms with Crippen LogP contribution < -0.4 is 14.4 Å². The molecule has 2 amide bonds. The van der Waals surface area contributed by atoms with Crippen LogP contribution in [0.15, 0.2) is 36.4 Å². The van der Waals surface area contributed by atoms with Gasteiger partial charge in [-0.2, -0.15) is 0 Å². The average Bonchev–Trinajstić information content (AvgIpc) is 2.81. The molecule has 0 spiro atoms. The van der Waals surface area contributed by atoms with Gasteiger partial charge < -0.3 is 15.0 Å². The molecule has 2 aromatic carbocycles. The number of ether oxygens (including phenoxy) is 1. The lowest BCUT2D eigenvalue weighted by atomic mass is 10.1. The summed E-state index contributed by atoms with van der Waals surface area (Å²) in [6.07, 6.45) is 2.68. The van der Waals surface area contributed by atoms with Gasteiger partial charge in [-0.05, 0) is 49.2 Å². The molecule has 2 aromatic rings. The number of sulfonamides is 1. The smallest absolute Gasteiger partial charge is 0.244 e. The summed E-state index contributed by atoms with van der Waals surface area (Å²) in [5.74, 6) is -0.578. The zero-order chi connectivity index (χ0) is 27.0. The molecule has 0 saturated heterocycles. The van der Waals surface area contributed by atoms with E-state index in [2.05, 4.69) is 5.32 Å². The molecule has 2 rings (SSSR count). The molecule has 0 aromatic heterocycles. The van der Waals surface area contributed by atoms with Gasteiger partial charge in [-0.1, -0.05) is 54.2 Å². The summed E-state index contributed by atoms with van der Waals surface area (Å²) in [7, 11) is -2.45. The van der Waals surface area contributed by atoms with Gasteiger partial charge in [-0.15, -0.1) is 0 Å². The van der Waals surface area contributed by atoms with E-state index in [1.165, 1.54) is 30.2 Å². The molecule has 8 nitrogen and oxygen atoms in total. The number of unbranched alkanes of at least 4 members (excludes halogenated alkanes) is 1. The molecule has 0 heterocycles. The van der Waals surface area contributed by atoms with Crippen LogP contribution in [0.2, 0.25) is 15.1 Å². The number of carbonyl (C=O) groups excluding carboxylic acids is 2.